The highest BCUT2D eigenvalue weighted by Gasteiger charge is 2.22. The second kappa shape index (κ2) is 9.82. The number of ether oxygens (including phenoxy) is 1. The Morgan fingerprint density at radius 2 is 1.96 bits per heavy atom. The minimum absolute atomic E-state index is 0. The van der Waals surface area contributed by atoms with E-state index in [4.69, 9.17) is 4.74 Å². The summed E-state index contributed by atoms with van der Waals surface area (Å²) >= 11 is 0. The number of aromatic nitrogens is 3. The van der Waals surface area contributed by atoms with Gasteiger partial charge >= 0.3 is 0 Å². The van der Waals surface area contributed by atoms with Gasteiger partial charge in [0.25, 0.3) is 5.91 Å². The summed E-state index contributed by atoms with van der Waals surface area (Å²) in [6.07, 6.45) is 2.20. The van der Waals surface area contributed by atoms with Gasteiger partial charge in [-0.1, -0.05) is 17.3 Å². The van der Waals surface area contributed by atoms with Crippen molar-refractivity contribution in [2.45, 2.75) is 52.4 Å². The van der Waals surface area contributed by atoms with E-state index in [9.17, 15) is 4.79 Å². The highest BCUT2D eigenvalue weighted by molar-refractivity contribution is 6.03. The Morgan fingerprint density at radius 1 is 1.30 bits per heavy atom. The van der Waals surface area contributed by atoms with Gasteiger partial charge in [-0.25, -0.2) is 4.68 Å². The normalized spacial score (nSPS) is 14.8. The molecule has 0 bridgehead atoms. The summed E-state index contributed by atoms with van der Waals surface area (Å²) in [5.74, 6) is -0.228. The van der Waals surface area contributed by atoms with Crippen molar-refractivity contribution in [3.8, 4) is 0 Å². The van der Waals surface area contributed by atoms with Crippen LogP contribution in [0.5, 0.6) is 0 Å². The van der Waals surface area contributed by atoms with E-state index >= 15 is 0 Å². The highest BCUT2D eigenvalue weighted by Crippen LogP contribution is 2.21. The summed E-state index contributed by atoms with van der Waals surface area (Å²) in [5.41, 5.74) is 3.01. The minimum atomic E-state index is -0.228. The van der Waals surface area contributed by atoms with E-state index in [1.165, 1.54) is 0 Å². The fourth-order valence-corrected chi connectivity index (χ4v) is 3.09. The molecule has 2 aromatic rings. The van der Waals surface area contributed by atoms with Crippen molar-refractivity contribution in [2.24, 2.45) is 0 Å². The van der Waals surface area contributed by atoms with Crippen molar-refractivity contribution in [3.63, 3.8) is 0 Å². The molecule has 7 nitrogen and oxygen atoms in total. The van der Waals surface area contributed by atoms with E-state index in [-0.39, 0.29) is 24.4 Å². The lowest BCUT2D eigenvalue weighted by molar-refractivity contribution is 0.0657. The van der Waals surface area contributed by atoms with Gasteiger partial charge in [-0.05, 0) is 64.4 Å². The first kappa shape index (κ1) is 21.3. The average Bonchev–Trinajstić information content (AvgIpc) is 3.03. The molecule has 1 saturated heterocycles. The summed E-state index contributed by atoms with van der Waals surface area (Å²) < 4.78 is 7.47. The molecule has 3 rings (SSSR count). The molecule has 1 aromatic heterocycles. The van der Waals surface area contributed by atoms with Crippen LogP contribution in [0.3, 0.4) is 0 Å². The Morgan fingerprint density at radius 3 is 2.59 bits per heavy atom. The third-order valence-corrected chi connectivity index (χ3v) is 4.59. The molecule has 1 aliphatic heterocycles. The van der Waals surface area contributed by atoms with Crippen molar-refractivity contribution in [3.05, 3.63) is 41.2 Å². The number of carbonyl (C=O) groups is 1. The number of hydrogen-bond acceptors (Lipinski definition) is 5. The molecule has 148 valence electrons. The number of nitrogens with zero attached hydrogens (tertiary/aromatic N) is 3. The molecule has 1 aliphatic rings. The quantitative estimate of drug-likeness (QED) is 0.788. The van der Waals surface area contributed by atoms with Gasteiger partial charge in [-0.15, -0.1) is 17.5 Å². The van der Waals surface area contributed by atoms with Crippen molar-refractivity contribution in [1.82, 2.24) is 20.3 Å². The van der Waals surface area contributed by atoms with Crippen molar-refractivity contribution in [1.29, 1.82) is 0 Å². The van der Waals surface area contributed by atoms with Gasteiger partial charge < -0.3 is 15.4 Å². The fraction of sp³-hybridized carbons (Fsp3) is 0.526. The van der Waals surface area contributed by atoms with Crippen LogP contribution in [0.2, 0.25) is 0 Å². The third kappa shape index (κ3) is 5.51. The van der Waals surface area contributed by atoms with E-state index in [1.54, 1.807) is 0 Å². The lowest BCUT2D eigenvalue weighted by Gasteiger charge is -2.23. The number of nitrogens with one attached hydrogen (secondary N) is 2. The largest absolute Gasteiger partial charge is 0.374 e. The Bertz CT molecular complexity index is 739. The summed E-state index contributed by atoms with van der Waals surface area (Å²) in [7, 11) is 0. The first-order valence-corrected chi connectivity index (χ1v) is 9.19. The van der Waals surface area contributed by atoms with Crippen molar-refractivity contribution >= 4 is 24.0 Å². The minimum Gasteiger partial charge on any atom is -0.374 e. The lowest BCUT2D eigenvalue weighted by atomic mass is 10.1. The fourth-order valence-electron chi connectivity index (χ4n) is 3.09. The van der Waals surface area contributed by atoms with Gasteiger partial charge in [0.1, 0.15) is 0 Å². The molecule has 0 radical (unpaired) electrons. The first-order valence-electron chi connectivity index (χ1n) is 9.19. The summed E-state index contributed by atoms with van der Waals surface area (Å²) in [4.78, 5) is 12.6. The Kier molecular flexibility index (Phi) is 7.77. The van der Waals surface area contributed by atoms with E-state index in [2.05, 4.69) is 20.9 Å². The van der Waals surface area contributed by atoms with Gasteiger partial charge in [0.05, 0.1) is 24.4 Å². The molecule has 1 fully saturated rings. The van der Waals surface area contributed by atoms with Crippen LogP contribution >= 0.6 is 12.4 Å². The monoisotopic (exact) mass is 393 g/mol. The lowest BCUT2D eigenvalue weighted by Crippen LogP contribution is -2.30. The maximum Gasteiger partial charge on any atom is 0.278 e. The van der Waals surface area contributed by atoms with Crippen LogP contribution in [0, 0.1) is 6.92 Å². The van der Waals surface area contributed by atoms with Gasteiger partial charge in [-0.3, -0.25) is 4.79 Å². The van der Waals surface area contributed by atoms with Crippen molar-refractivity contribution < 1.29 is 9.53 Å². The van der Waals surface area contributed by atoms with E-state index in [0.717, 1.165) is 42.9 Å². The van der Waals surface area contributed by atoms with Crippen LogP contribution in [0.1, 0.15) is 54.5 Å². The summed E-state index contributed by atoms with van der Waals surface area (Å²) in [5, 5.41) is 14.6. The molecule has 8 heteroatoms. The molecule has 2 heterocycles. The Labute approximate surface area is 166 Å². The molecule has 0 aliphatic carbocycles. The van der Waals surface area contributed by atoms with Gasteiger partial charge in [0.15, 0.2) is 5.69 Å². The number of amides is 1. The molecule has 0 atom stereocenters. The van der Waals surface area contributed by atoms with Crippen LogP contribution in [-0.2, 0) is 11.3 Å². The third-order valence-electron chi connectivity index (χ3n) is 4.59. The maximum absolute atomic E-state index is 12.6. The first-order chi connectivity index (χ1) is 12.5. The second-order valence-corrected chi connectivity index (χ2v) is 6.96. The van der Waals surface area contributed by atoms with Crippen LogP contribution in [-0.4, -0.2) is 40.1 Å². The molecule has 2 N–H and O–H groups in total. The maximum atomic E-state index is 12.6. The Balaban J connectivity index is 0.00000261. The SMILES string of the molecule is Cc1c(C(=O)Nc2ccc(COC(C)C)cc2)nnn1C1CCNCC1.Cl. The Hall–Kier alpha value is -1.96. The van der Waals surface area contributed by atoms with E-state index in [0.29, 0.717) is 18.3 Å². The number of halogens is 1. The zero-order chi connectivity index (χ0) is 18.5. The summed E-state index contributed by atoms with van der Waals surface area (Å²) in [6, 6.07) is 7.98. The number of hydrogen-bond donors (Lipinski definition) is 2. The zero-order valence-corrected chi connectivity index (χ0v) is 16.9. The van der Waals surface area contributed by atoms with Gasteiger partial charge in [0.2, 0.25) is 0 Å². The average molecular weight is 394 g/mol. The molecule has 0 unspecified atom stereocenters. The van der Waals surface area contributed by atoms with E-state index in [1.807, 2.05) is 49.7 Å². The molecule has 1 aromatic carbocycles. The number of benzene rings is 1. The summed E-state index contributed by atoms with van der Waals surface area (Å²) in [6.45, 7) is 8.43. The number of piperidine rings is 1. The smallest absolute Gasteiger partial charge is 0.278 e. The number of rotatable bonds is 6. The van der Waals surface area contributed by atoms with E-state index < -0.39 is 0 Å². The second-order valence-electron chi connectivity index (χ2n) is 6.96. The predicted octanol–water partition coefficient (Wildman–Crippen LogP) is 3.11. The van der Waals surface area contributed by atoms with Crippen LogP contribution < -0.4 is 10.6 Å². The number of carbonyl (C=O) groups excluding carboxylic acids is 1. The van der Waals surface area contributed by atoms with Gasteiger partial charge in [0, 0.05) is 5.69 Å². The molecule has 0 spiro atoms. The van der Waals surface area contributed by atoms with Crippen LogP contribution in [0.25, 0.3) is 0 Å². The molecule has 0 saturated carbocycles. The highest BCUT2D eigenvalue weighted by atomic mass is 35.5. The zero-order valence-electron chi connectivity index (χ0n) is 16.1. The molecular formula is C19H28ClN5O2. The van der Waals surface area contributed by atoms with Crippen LogP contribution in [0.15, 0.2) is 24.3 Å². The van der Waals surface area contributed by atoms with Crippen molar-refractivity contribution in [2.75, 3.05) is 18.4 Å². The predicted molar refractivity (Wildman–Crippen MR) is 107 cm³/mol. The molecular weight excluding hydrogens is 366 g/mol. The number of anilines is 1. The molecule has 1 amide bonds. The molecule has 27 heavy (non-hydrogen) atoms. The standard InChI is InChI=1S/C19H27N5O2.ClH/c1-13(2)26-12-15-4-6-16(7-5-15)21-19(25)18-14(3)24(23-22-18)17-8-10-20-11-9-17;/h4-7,13,17,20H,8-12H2,1-3H3,(H,21,25);1H. The van der Waals surface area contributed by atoms with Gasteiger partial charge in [-0.2, -0.15) is 0 Å². The van der Waals surface area contributed by atoms with Crippen LogP contribution in [0.4, 0.5) is 5.69 Å². The topological polar surface area (TPSA) is 81.1 Å².